The zero-order chi connectivity index (χ0) is 34.8. The van der Waals surface area contributed by atoms with Crippen LogP contribution < -0.4 is 9.47 Å². The van der Waals surface area contributed by atoms with Crippen LogP contribution in [-0.2, 0) is 25.7 Å². The molecule has 2 aromatic rings. The number of carbonyl (C=O) groups excluding carboxylic acids is 4. The number of phenolic OH excluding ortho intramolecular Hbond substituents is 1. The van der Waals surface area contributed by atoms with Crippen LogP contribution in [0, 0.1) is 23.7 Å². The van der Waals surface area contributed by atoms with Crippen LogP contribution in [0.25, 0.3) is 6.08 Å². The molecule has 1 saturated carbocycles. The summed E-state index contributed by atoms with van der Waals surface area (Å²) in [6.45, 7) is 2.34. The highest BCUT2D eigenvalue weighted by Gasteiger charge is 2.75. The standard InChI is InChI=1S/C37H39Cl2N3O7/c1-40-34(46)36(38)19-26-24(27(37(36,39)35(40)47)12-9-22-17-28(48-2)31(43)29(18-22)49-3)10-11-25-30(26)33(45)42(32(25)44)23-13-15-41(16-14-23)20-21-7-5-4-6-8-21/h4-10,12,17-18,23,25-27,30,43H,11,13-16,19-20H2,1-3H3. The summed E-state index contributed by atoms with van der Waals surface area (Å²) in [6.07, 6.45) is 6.98. The Balaban J connectivity index is 1.20. The first-order chi connectivity index (χ1) is 23.4. The number of carbonyl (C=O) groups is 4. The number of likely N-dealkylation sites (tertiary alicyclic amines) is 3. The molecule has 2 aliphatic carbocycles. The third kappa shape index (κ3) is 5.09. The lowest BCUT2D eigenvalue weighted by Gasteiger charge is -2.49. The molecular weight excluding hydrogens is 669 g/mol. The van der Waals surface area contributed by atoms with Gasteiger partial charge in [-0.05, 0) is 54.9 Å². The number of halogens is 2. The van der Waals surface area contributed by atoms with Crippen LogP contribution in [0.2, 0.25) is 0 Å². The number of hydrogen-bond donors (Lipinski definition) is 1. The van der Waals surface area contributed by atoms with Crippen LogP contribution in [0.3, 0.4) is 0 Å². The average molecular weight is 709 g/mol. The maximum atomic E-state index is 14.4. The van der Waals surface area contributed by atoms with E-state index < -0.39 is 45.2 Å². The molecule has 3 saturated heterocycles. The van der Waals surface area contributed by atoms with Gasteiger partial charge in [-0.15, -0.1) is 23.2 Å². The van der Waals surface area contributed by atoms with Crippen molar-refractivity contribution in [2.24, 2.45) is 23.7 Å². The average Bonchev–Trinajstić information content (AvgIpc) is 3.43. The van der Waals surface area contributed by atoms with Gasteiger partial charge in [0, 0.05) is 38.6 Å². The molecule has 3 aliphatic heterocycles. The van der Waals surface area contributed by atoms with E-state index in [1.807, 2.05) is 24.3 Å². The Labute approximate surface area is 295 Å². The molecule has 4 fully saturated rings. The number of benzene rings is 2. The minimum atomic E-state index is -1.87. The maximum Gasteiger partial charge on any atom is 0.253 e. The van der Waals surface area contributed by atoms with Crippen molar-refractivity contribution in [3.63, 3.8) is 0 Å². The molecule has 2 aromatic carbocycles. The van der Waals surface area contributed by atoms with Crippen LogP contribution >= 0.6 is 23.2 Å². The molecule has 1 N–H and O–H groups in total. The lowest BCUT2D eigenvalue weighted by atomic mass is 9.57. The number of nitrogens with zero attached hydrogens (tertiary/aromatic N) is 3. The van der Waals surface area contributed by atoms with Crippen molar-refractivity contribution >= 4 is 52.9 Å². The molecule has 3 heterocycles. The first kappa shape index (κ1) is 33.6. The van der Waals surface area contributed by atoms with Gasteiger partial charge >= 0.3 is 0 Å². The molecule has 0 aromatic heterocycles. The largest absolute Gasteiger partial charge is 0.502 e. The highest BCUT2D eigenvalue weighted by Crippen LogP contribution is 2.63. The fourth-order valence-electron chi connectivity index (χ4n) is 8.77. The third-order valence-corrected chi connectivity index (χ3v) is 12.7. The zero-order valence-electron chi connectivity index (χ0n) is 27.6. The number of amides is 4. The first-order valence-electron chi connectivity index (χ1n) is 16.6. The molecule has 0 bridgehead atoms. The Morgan fingerprint density at radius 1 is 0.939 bits per heavy atom. The fraction of sp³-hybridized carbons (Fsp3) is 0.459. The van der Waals surface area contributed by atoms with E-state index in [9.17, 15) is 24.3 Å². The number of allylic oxidation sites excluding steroid dienone is 3. The second-order valence-corrected chi connectivity index (χ2v) is 15.0. The van der Waals surface area contributed by atoms with Gasteiger partial charge < -0.3 is 14.6 Å². The molecule has 0 spiro atoms. The van der Waals surface area contributed by atoms with Crippen LogP contribution in [0.1, 0.15) is 36.8 Å². The van der Waals surface area contributed by atoms with Crippen LogP contribution in [0.4, 0.5) is 0 Å². The molecule has 10 nitrogen and oxygen atoms in total. The SMILES string of the molecule is COc1cc(C=CC2C3=CCC4C(=O)N(C5CCN(Cc6ccccc6)CC5)C(=O)C4C3CC3(Cl)C(=O)N(C)C(=O)C23Cl)cc(OC)c1O. The molecule has 6 atom stereocenters. The zero-order valence-corrected chi connectivity index (χ0v) is 29.1. The fourth-order valence-corrected chi connectivity index (χ4v) is 9.75. The molecule has 0 radical (unpaired) electrons. The Morgan fingerprint density at radius 3 is 2.22 bits per heavy atom. The topological polar surface area (TPSA) is 117 Å². The van der Waals surface area contributed by atoms with Crippen LogP contribution in [0.5, 0.6) is 17.2 Å². The van der Waals surface area contributed by atoms with E-state index in [2.05, 4.69) is 17.0 Å². The summed E-state index contributed by atoms with van der Waals surface area (Å²) in [5.74, 6) is -4.22. The predicted octanol–water partition coefficient (Wildman–Crippen LogP) is 4.61. The summed E-state index contributed by atoms with van der Waals surface area (Å²) in [5.41, 5.74) is 2.52. The smallest absolute Gasteiger partial charge is 0.253 e. The van der Waals surface area contributed by atoms with Crippen molar-refractivity contribution in [3.05, 3.63) is 71.3 Å². The van der Waals surface area contributed by atoms with Crippen molar-refractivity contribution in [2.75, 3.05) is 34.4 Å². The number of imide groups is 2. The summed E-state index contributed by atoms with van der Waals surface area (Å²) in [6, 6.07) is 13.2. The van der Waals surface area contributed by atoms with Gasteiger partial charge in [-0.25, -0.2) is 0 Å². The van der Waals surface area contributed by atoms with Crippen LogP contribution in [-0.4, -0.2) is 93.6 Å². The maximum absolute atomic E-state index is 14.4. The van der Waals surface area contributed by atoms with Gasteiger partial charge in [-0.2, -0.15) is 0 Å². The quantitative estimate of drug-likeness (QED) is 0.252. The van der Waals surface area contributed by atoms with Crippen molar-refractivity contribution in [1.29, 1.82) is 0 Å². The number of piperidine rings is 1. The number of hydrogen-bond acceptors (Lipinski definition) is 8. The normalized spacial score (nSPS) is 32.0. The number of ether oxygens (including phenoxy) is 2. The summed E-state index contributed by atoms with van der Waals surface area (Å²) >= 11 is 14.5. The Morgan fingerprint density at radius 2 is 1.59 bits per heavy atom. The van der Waals surface area contributed by atoms with Gasteiger partial charge in [0.15, 0.2) is 21.2 Å². The monoisotopic (exact) mass is 707 g/mol. The molecule has 4 amide bonds. The Hall–Kier alpha value is -3.86. The molecule has 258 valence electrons. The van der Waals surface area contributed by atoms with Gasteiger partial charge in [0.1, 0.15) is 0 Å². The lowest BCUT2D eigenvalue weighted by Crippen LogP contribution is -2.60. The summed E-state index contributed by atoms with van der Waals surface area (Å²) in [5, 5.41) is 10.4. The molecule has 6 unspecified atom stereocenters. The van der Waals surface area contributed by atoms with Gasteiger partial charge in [0.2, 0.25) is 17.6 Å². The Kier molecular flexibility index (Phi) is 8.56. The lowest BCUT2D eigenvalue weighted by molar-refractivity contribution is -0.144. The molecule has 49 heavy (non-hydrogen) atoms. The number of fused-ring (bicyclic) bond motifs is 4. The highest BCUT2D eigenvalue weighted by atomic mass is 35.5. The van der Waals surface area contributed by atoms with Crippen molar-refractivity contribution in [3.8, 4) is 17.2 Å². The van der Waals surface area contributed by atoms with E-state index in [0.29, 0.717) is 24.8 Å². The van der Waals surface area contributed by atoms with E-state index in [-0.39, 0.29) is 41.5 Å². The first-order valence-corrected chi connectivity index (χ1v) is 17.4. The van der Waals surface area contributed by atoms with Crippen molar-refractivity contribution in [2.45, 2.75) is 48.0 Å². The number of methoxy groups -OCH3 is 2. The van der Waals surface area contributed by atoms with Gasteiger partial charge in [-0.3, -0.25) is 33.9 Å². The summed E-state index contributed by atoms with van der Waals surface area (Å²) in [4.78, 5) is 57.0. The Bertz CT molecular complexity index is 1750. The predicted molar refractivity (Wildman–Crippen MR) is 183 cm³/mol. The van der Waals surface area contributed by atoms with Gasteiger partial charge in [-0.1, -0.05) is 54.1 Å². The second kappa shape index (κ2) is 12.5. The van der Waals surface area contributed by atoms with Gasteiger partial charge in [0.05, 0.1) is 26.1 Å². The number of phenols is 1. The number of rotatable bonds is 7. The summed E-state index contributed by atoms with van der Waals surface area (Å²) in [7, 11) is 4.20. The van der Waals surface area contributed by atoms with E-state index in [1.165, 1.54) is 31.7 Å². The molecule has 12 heteroatoms. The van der Waals surface area contributed by atoms with Crippen molar-refractivity contribution in [1.82, 2.24) is 14.7 Å². The van der Waals surface area contributed by atoms with E-state index >= 15 is 0 Å². The third-order valence-electron chi connectivity index (χ3n) is 11.3. The van der Waals surface area contributed by atoms with Gasteiger partial charge in [0.25, 0.3) is 11.8 Å². The van der Waals surface area contributed by atoms with Crippen LogP contribution in [0.15, 0.2) is 60.2 Å². The second-order valence-electron chi connectivity index (χ2n) is 13.7. The minimum absolute atomic E-state index is 0.0481. The minimum Gasteiger partial charge on any atom is -0.502 e. The van der Waals surface area contributed by atoms with E-state index in [1.54, 1.807) is 24.3 Å². The number of aromatic hydroxyl groups is 1. The van der Waals surface area contributed by atoms with E-state index in [0.717, 1.165) is 30.1 Å². The number of alkyl halides is 2. The molecular formula is C37H39Cl2N3O7. The van der Waals surface area contributed by atoms with E-state index in [4.69, 9.17) is 32.7 Å². The molecule has 7 rings (SSSR count). The molecule has 5 aliphatic rings. The van der Waals surface area contributed by atoms with Crippen molar-refractivity contribution < 1.29 is 33.8 Å². The highest BCUT2D eigenvalue weighted by molar-refractivity contribution is 6.53. The summed E-state index contributed by atoms with van der Waals surface area (Å²) < 4.78 is 10.6.